The van der Waals surface area contributed by atoms with Crippen molar-refractivity contribution in [3.63, 3.8) is 0 Å². The molecular formula is C16H18BNO6. The minimum atomic E-state index is -1.15. The molecule has 1 saturated carbocycles. The first-order valence-corrected chi connectivity index (χ1v) is 8.05. The maximum absolute atomic E-state index is 11.8. The third-order valence-corrected chi connectivity index (χ3v) is 5.33. The highest BCUT2D eigenvalue weighted by atomic mass is 16.5. The van der Waals surface area contributed by atoms with Gasteiger partial charge in [-0.25, -0.2) is 4.79 Å². The highest BCUT2D eigenvalue weighted by Gasteiger charge is 2.60. The Bertz CT molecular complexity index is 732. The molecule has 3 aliphatic rings. The number of fused-ring (bicyclic) bond motifs is 3. The molecule has 1 saturated heterocycles. The molecular weight excluding hydrogens is 313 g/mol. The first-order chi connectivity index (χ1) is 11.4. The van der Waals surface area contributed by atoms with Crippen molar-refractivity contribution in [3.8, 4) is 11.5 Å². The second-order valence-corrected chi connectivity index (χ2v) is 6.80. The molecule has 1 amide bonds. The minimum absolute atomic E-state index is 0.0287. The molecule has 0 aromatic heterocycles. The summed E-state index contributed by atoms with van der Waals surface area (Å²) in [6.45, 7) is 4.39. The number of hydrogen-bond donors (Lipinski definition) is 2. The van der Waals surface area contributed by atoms with Crippen molar-refractivity contribution in [2.24, 2.45) is 5.92 Å². The van der Waals surface area contributed by atoms with Gasteiger partial charge in [0.25, 0.3) is 0 Å². The Morgan fingerprint density at radius 1 is 1.38 bits per heavy atom. The average molecular weight is 331 g/mol. The van der Waals surface area contributed by atoms with Gasteiger partial charge in [-0.05, 0) is 23.5 Å². The fraction of sp³-hybridized carbons (Fsp3) is 0.500. The van der Waals surface area contributed by atoms with E-state index in [4.69, 9.17) is 9.39 Å². The van der Waals surface area contributed by atoms with E-state index < -0.39 is 13.1 Å². The van der Waals surface area contributed by atoms with E-state index in [9.17, 15) is 19.7 Å². The van der Waals surface area contributed by atoms with Gasteiger partial charge in [0.05, 0.1) is 13.1 Å². The second-order valence-electron chi connectivity index (χ2n) is 6.80. The Labute approximate surface area is 139 Å². The molecule has 126 valence electrons. The van der Waals surface area contributed by atoms with Crippen molar-refractivity contribution in [1.29, 1.82) is 0 Å². The van der Waals surface area contributed by atoms with Crippen molar-refractivity contribution < 1.29 is 29.1 Å². The summed E-state index contributed by atoms with van der Waals surface area (Å²) >= 11 is 0. The molecule has 2 aliphatic heterocycles. The Balaban J connectivity index is 1.63. The Morgan fingerprint density at radius 3 is 2.71 bits per heavy atom. The maximum Gasteiger partial charge on any atom is 0.526 e. The number of ether oxygens (including phenoxy) is 1. The number of carboxylic acid groups (broad SMARTS) is 1. The van der Waals surface area contributed by atoms with Gasteiger partial charge in [0, 0.05) is 12.7 Å². The quantitative estimate of drug-likeness (QED) is 0.802. The number of amides is 1. The van der Waals surface area contributed by atoms with Gasteiger partial charge in [-0.2, -0.15) is 0 Å². The van der Waals surface area contributed by atoms with E-state index in [0.29, 0.717) is 13.1 Å². The lowest BCUT2D eigenvalue weighted by atomic mass is 9.76. The number of nitrogens with zero attached hydrogens (tertiary/aromatic N) is 1. The third kappa shape index (κ3) is 2.17. The van der Waals surface area contributed by atoms with Gasteiger partial charge in [0.15, 0.2) is 0 Å². The summed E-state index contributed by atoms with van der Waals surface area (Å²) in [6, 6.07) is 3.48. The summed E-state index contributed by atoms with van der Waals surface area (Å²) in [5, 5.41) is 19.7. The van der Waals surface area contributed by atoms with Gasteiger partial charge >= 0.3 is 13.1 Å². The smallest absolute Gasteiger partial charge is 0.526 e. The van der Waals surface area contributed by atoms with Gasteiger partial charge in [0.1, 0.15) is 23.2 Å². The van der Waals surface area contributed by atoms with Crippen LogP contribution in [0.25, 0.3) is 0 Å². The first-order valence-electron chi connectivity index (χ1n) is 8.05. The van der Waals surface area contributed by atoms with Crippen LogP contribution in [0.5, 0.6) is 11.5 Å². The van der Waals surface area contributed by atoms with Crippen LogP contribution in [-0.2, 0) is 4.79 Å². The topological polar surface area (TPSA) is 96.3 Å². The number of likely N-dealkylation sites (tertiary alicyclic amines) is 1. The van der Waals surface area contributed by atoms with Gasteiger partial charge < -0.3 is 24.4 Å². The molecule has 8 heteroatoms. The molecule has 1 aromatic carbocycles. The highest BCUT2D eigenvalue weighted by Crippen LogP contribution is 2.65. The van der Waals surface area contributed by atoms with Gasteiger partial charge in [-0.1, -0.05) is 13.0 Å². The van der Waals surface area contributed by atoms with Crippen LogP contribution in [0.1, 0.15) is 35.7 Å². The van der Waals surface area contributed by atoms with Crippen molar-refractivity contribution >= 4 is 19.0 Å². The largest absolute Gasteiger partial charge is 0.535 e. The molecule has 3 unspecified atom stereocenters. The Kier molecular flexibility index (Phi) is 3.28. The molecule has 2 heterocycles. The minimum Gasteiger partial charge on any atom is -0.535 e. The normalized spacial score (nSPS) is 27.5. The molecule has 1 aliphatic carbocycles. The van der Waals surface area contributed by atoms with E-state index in [1.54, 1.807) is 11.0 Å². The molecule has 2 fully saturated rings. The number of rotatable bonds is 3. The van der Waals surface area contributed by atoms with Crippen LogP contribution >= 0.6 is 0 Å². The first kappa shape index (κ1) is 15.3. The predicted molar refractivity (Wildman–Crippen MR) is 84.3 cm³/mol. The lowest BCUT2D eigenvalue weighted by Crippen LogP contribution is -2.55. The Hall–Kier alpha value is -2.22. The van der Waals surface area contributed by atoms with Crippen LogP contribution < -0.4 is 9.39 Å². The molecule has 1 aromatic rings. The third-order valence-electron chi connectivity index (χ3n) is 5.33. The van der Waals surface area contributed by atoms with Crippen molar-refractivity contribution in [1.82, 2.24) is 4.90 Å². The van der Waals surface area contributed by atoms with E-state index in [-0.39, 0.29) is 46.7 Å². The van der Waals surface area contributed by atoms with E-state index >= 15 is 0 Å². The van der Waals surface area contributed by atoms with Gasteiger partial charge in [-0.3, -0.25) is 4.79 Å². The number of hydrogen-bond acceptors (Lipinski definition) is 5. The molecule has 4 rings (SSSR count). The molecule has 2 N–H and O–H groups in total. The Morgan fingerprint density at radius 2 is 2.08 bits per heavy atom. The summed E-state index contributed by atoms with van der Waals surface area (Å²) in [6.07, 6.45) is -0.230. The lowest BCUT2D eigenvalue weighted by molar-refractivity contribution is -0.137. The van der Waals surface area contributed by atoms with Crippen molar-refractivity contribution in [2.45, 2.75) is 31.7 Å². The van der Waals surface area contributed by atoms with E-state index in [1.807, 2.05) is 13.0 Å². The SMILES string of the molecule is CC(=O)N1CC(Oc2ccc3c(c2C(=O)O)OB(O)C2C(C)C32)C1. The zero-order chi connectivity index (χ0) is 17.2. The number of carbonyl (C=O) groups is 2. The van der Waals surface area contributed by atoms with Gasteiger partial charge in [0.2, 0.25) is 5.91 Å². The van der Waals surface area contributed by atoms with E-state index in [1.165, 1.54) is 6.92 Å². The number of aromatic carboxylic acids is 1. The molecule has 0 radical (unpaired) electrons. The van der Waals surface area contributed by atoms with Crippen LogP contribution in [0.4, 0.5) is 0 Å². The zero-order valence-corrected chi connectivity index (χ0v) is 13.4. The van der Waals surface area contributed by atoms with Crippen molar-refractivity contribution in [2.75, 3.05) is 13.1 Å². The fourth-order valence-electron chi connectivity index (χ4n) is 3.84. The summed E-state index contributed by atoms with van der Waals surface area (Å²) in [5.41, 5.74) is 0.770. The molecule has 0 spiro atoms. The highest BCUT2D eigenvalue weighted by molar-refractivity contribution is 6.48. The summed E-state index contributed by atoms with van der Waals surface area (Å²) in [5.74, 6) is -0.323. The lowest BCUT2D eigenvalue weighted by Gasteiger charge is -2.38. The molecule has 7 nitrogen and oxygen atoms in total. The number of carboxylic acids is 1. The standard InChI is InChI=1S/C16H18BNO6/c1-7-12-10-3-4-11(23-9-5-18(6-9)8(2)19)13(16(20)21)15(10)24-17(22)14(7)12/h3-4,7,9,12,14,22H,5-6H2,1-2H3,(H,20,21). The van der Waals surface area contributed by atoms with Crippen LogP contribution in [0, 0.1) is 5.92 Å². The molecule has 24 heavy (non-hydrogen) atoms. The average Bonchev–Trinajstić information content (AvgIpc) is 3.13. The van der Waals surface area contributed by atoms with Crippen LogP contribution in [0.2, 0.25) is 5.82 Å². The maximum atomic E-state index is 11.8. The predicted octanol–water partition coefficient (Wildman–Crippen LogP) is 0.971. The van der Waals surface area contributed by atoms with Crippen LogP contribution in [0.3, 0.4) is 0 Å². The summed E-state index contributed by atoms with van der Waals surface area (Å²) < 4.78 is 11.3. The molecule has 3 atom stereocenters. The number of benzene rings is 1. The molecule has 0 bridgehead atoms. The van der Waals surface area contributed by atoms with Gasteiger partial charge in [-0.15, -0.1) is 0 Å². The van der Waals surface area contributed by atoms with E-state index in [2.05, 4.69) is 0 Å². The van der Waals surface area contributed by atoms with E-state index in [0.717, 1.165) is 5.56 Å². The summed E-state index contributed by atoms with van der Waals surface area (Å²) in [4.78, 5) is 24.6. The van der Waals surface area contributed by atoms with Crippen LogP contribution in [-0.4, -0.2) is 53.2 Å². The number of carbonyl (C=O) groups excluding carboxylic acids is 1. The fourth-order valence-corrected chi connectivity index (χ4v) is 3.84. The zero-order valence-electron chi connectivity index (χ0n) is 13.4. The van der Waals surface area contributed by atoms with Crippen LogP contribution in [0.15, 0.2) is 12.1 Å². The second kappa shape index (κ2) is 5.14. The van der Waals surface area contributed by atoms with Crippen molar-refractivity contribution in [3.05, 3.63) is 23.3 Å². The monoisotopic (exact) mass is 331 g/mol. The summed E-state index contributed by atoms with van der Waals surface area (Å²) in [7, 11) is -0.984.